The number of halogens is 1. The highest BCUT2D eigenvalue weighted by atomic mass is 127. The van der Waals surface area contributed by atoms with Crippen LogP contribution in [0.2, 0.25) is 0 Å². The number of hydrogen-bond acceptors (Lipinski definition) is 2. The van der Waals surface area contributed by atoms with Crippen molar-refractivity contribution in [2.45, 2.75) is 6.92 Å². The SMILES string of the molecule is CC(=O)NNC(=O)I. The first kappa shape index (κ1) is 7.67. The van der Waals surface area contributed by atoms with E-state index in [1.807, 2.05) is 0 Å². The lowest BCUT2D eigenvalue weighted by atomic mass is 10.8. The fraction of sp³-hybridized carbons (Fsp3) is 0.333. The summed E-state index contributed by atoms with van der Waals surface area (Å²) in [6.45, 7) is 1.31. The number of nitrogens with one attached hydrogen (secondary N) is 2. The minimum absolute atomic E-state index is 0.282. The van der Waals surface area contributed by atoms with Gasteiger partial charge in [0.05, 0.1) is 0 Å². The van der Waals surface area contributed by atoms with Crippen LogP contribution in [-0.2, 0) is 4.79 Å². The standard InChI is InChI=1S/C3H5IN2O2/c1-2(7)5-6-3(4)8/h1H3,(H,5,7)(H,6,8). The maximum Gasteiger partial charge on any atom is 0.298 e. The molecule has 2 amide bonds. The van der Waals surface area contributed by atoms with E-state index in [9.17, 15) is 9.59 Å². The highest BCUT2D eigenvalue weighted by Crippen LogP contribution is 1.78. The lowest BCUT2D eigenvalue weighted by molar-refractivity contribution is -0.119. The molecule has 2 N–H and O–H groups in total. The molecule has 0 fully saturated rings. The number of carbonyl (C=O) groups is 2. The Kier molecular flexibility index (Phi) is 3.49. The quantitative estimate of drug-likeness (QED) is 0.269. The molecule has 0 atom stereocenters. The Hall–Kier alpha value is -0.330. The van der Waals surface area contributed by atoms with Crippen LogP contribution in [0.5, 0.6) is 0 Å². The minimum atomic E-state index is -0.308. The summed E-state index contributed by atoms with van der Waals surface area (Å²) in [5.74, 6) is -0.282. The molecule has 0 aromatic carbocycles. The molecule has 0 rings (SSSR count). The zero-order valence-electron chi connectivity index (χ0n) is 4.19. The lowest BCUT2D eigenvalue weighted by Gasteiger charge is -1.96. The van der Waals surface area contributed by atoms with Crippen molar-refractivity contribution >= 4 is 32.4 Å². The van der Waals surface area contributed by atoms with Gasteiger partial charge in [0.2, 0.25) is 5.91 Å². The van der Waals surface area contributed by atoms with Crippen LogP contribution >= 0.6 is 22.6 Å². The van der Waals surface area contributed by atoms with E-state index in [1.165, 1.54) is 29.5 Å². The summed E-state index contributed by atoms with van der Waals surface area (Å²) in [6, 6.07) is 0. The average Bonchev–Trinajstić information content (AvgIpc) is 1.61. The molecule has 46 valence electrons. The molecule has 0 saturated heterocycles. The molecule has 0 aliphatic rings. The van der Waals surface area contributed by atoms with E-state index < -0.39 is 0 Å². The maximum atomic E-state index is 10.0. The molecule has 0 aromatic rings. The molecule has 0 aliphatic heterocycles. The first-order valence-corrected chi connectivity index (χ1v) is 2.93. The van der Waals surface area contributed by atoms with Gasteiger partial charge < -0.3 is 0 Å². The van der Waals surface area contributed by atoms with E-state index in [4.69, 9.17) is 0 Å². The monoisotopic (exact) mass is 228 g/mol. The molecule has 0 radical (unpaired) electrons. The number of hydrogen-bond donors (Lipinski definition) is 2. The third-order valence-corrected chi connectivity index (χ3v) is 0.606. The minimum Gasteiger partial charge on any atom is -0.274 e. The van der Waals surface area contributed by atoms with Crippen molar-refractivity contribution in [2.75, 3.05) is 0 Å². The van der Waals surface area contributed by atoms with Crippen LogP contribution in [0, 0.1) is 0 Å². The van der Waals surface area contributed by atoms with Gasteiger partial charge in [0, 0.05) is 29.5 Å². The van der Waals surface area contributed by atoms with Gasteiger partial charge in [0.15, 0.2) is 0 Å². The molecule has 0 bridgehead atoms. The first-order valence-electron chi connectivity index (χ1n) is 1.85. The van der Waals surface area contributed by atoms with E-state index in [2.05, 4.69) is 10.9 Å². The fourth-order valence-electron chi connectivity index (χ4n) is 0.137. The zero-order valence-corrected chi connectivity index (χ0v) is 6.35. The average molecular weight is 228 g/mol. The van der Waals surface area contributed by atoms with Crippen LogP contribution in [0.1, 0.15) is 6.92 Å². The van der Waals surface area contributed by atoms with Gasteiger partial charge in [0.1, 0.15) is 0 Å². The smallest absolute Gasteiger partial charge is 0.274 e. The first-order chi connectivity index (χ1) is 3.63. The maximum absolute atomic E-state index is 10.0. The second-order valence-corrected chi connectivity index (χ2v) is 2.06. The third kappa shape index (κ3) is 5.67. The molecule has 0 unspecified atom stereocenters. The van der Waals surface area contributed by atoms with Crippen LogP contribution in [-0.4, -0.2) is 9.82 Å². The molecule has 0 aliphatic carbocycles. The summed E-state index contributed by atoms with van der Waals surface area (Å²) < 4.78 is -0.308. The topological polar surface area (TPSA) is 58.2 Å². The van der Waals surface area contributed by atoms with Crippen molar-refractivity contribution in [2.24, 2.45) is 0 Å². The Morgan fingerprint density at radius 3 is 2.00 bits per heavy atom. The van der Waals surface area contributed by atoms with Gasteiger partial charge in [0.25, 0.3) is 3.91 Å². The van der Waals surface area contributed by atoms with Crippen LogP contribution in [0.4, 0.5) is 4.79 Å². The Morgan fingerprint density at radius 2 is 1.88 bits per heavy atom. The van der Waals surface area contributed by atoms with Crippen LogP contribution in [0.25, 0.3) is 0 Å². The van der Waals surface area contributed by atoms with Crippen molar-refractivity contribution in [1.29, 1.82) is 0 Å². The predicted molar refractivity (Wildman–Crippen MR) is 36.4 cm³/mol. The molecule has 5 heteroatoms. The van der Waals surface area contributed by atoms with Crippen LogP contribution in [0.15, 0.2) is 0 Å². The Morgan fingerprint density at radius 1 is 1.38 bits per heavy atom. The molecule has 4 nitrogen and oxygen atoms in total. The summed E-state index contributed by atoms with van der Waals surface area (Å²) in [4.78, 5) is 20.0. The van der Waals surface area contributed by atoms with Crippen molar-refractivity contribution < 1.29 is 9.59 Å². The zero-order chi connectivity index (χ0) is 6.57. The number of amides is 2. The summed E-state index contributed by atoms with van der Waals surface area (Å²) in [5, 5.41) is 0. The van der Waals surface area contributed by atoms with E-state index in [0.29, 0.717) is 0 Å². The predicted octanol–water partition coefficient (Wildman–Crippen LogP) is 0.182. The van der Waals surface area contributed by atoms with Gasteiger partial charge in [-0.15, -0.1) is 0 Å². The Bertz CT molecular complexity index is 99.9. The van der Waals surface area contributed by atoms with E-state index in [-0.39, 0.29) is 9.82 Å². The molecule has 0 spiro atoms. The molecule has 8 heavy (non-hydrogen) atoms. The van der Waals surface area contributed by atoms with Crippen molar-refractivity contribution in [3.8, 4) is 0 Å². The summed E-state index contributed by atoms with van der Waals surface area (Å²) in [6.07, 6.45) is 0. The molecular weight excluding hydrogens is 223 g/mol. The van der Waals surface area contributed by atoms with Crippen molar-refractivity contribution in [3.63, 3.8) is 0 Å². The number of carbonyl (C=O) groups excluding carboxylic acids is 2. The van der Waals surface area contributed by atoms with Gasteiger partial charge in [-0.25, -0.2) is 0 Å². The highest BCUT2D eigenvalue weighted by molar-refractivity contribution is 14.1. The van der Waals surface area contributed by atoms with Crippen molar-refractivity contribution in [3.05, 3.63) is 0 Å². The highest BCUT2D eigenvalue weighted by Gasteiger charge is 1.90. The Labute approximate surface area is 60.1 Å². The summed E-state index contributed by atoms with van der Waals surface area (Å²) >= 11 is 1.51. The molecule has 0 aromatic heterocycles. The number of hydrazine groups is 1. The van der Waals surface area contributed by atoms with Gasteiger partial charge in [-0.05, 0) is 0 Å². The normalized spacial score (nSPS) is 7.75. The Balaban J connectivity index is 3.18. The largest absolute Gasteiger partial charge is 0.298 e. The van der Waals surface area contributed by atoms with E-state index in [0.717, 1.165) is 0 Å². The fourth-order valence-corrected chi connectivity index (χ4v) is 0.272. The second-order valence-electron chi connectivity index (χ2n) is 1.08. The molecular formula is C3H5IN2O2. The van der Waals surface area contributed by atoms with Gasteiger partial charge in [-0.2, -0.15) is 0 Å². The van der Waals surface area contributed by atoms with Crippen LogP contribution < -0.4 is 10.9 Å². The lowest BCUT2D eigenvalue weighted by Crippen LogP contribution is -2.36. The second kappa shape index (κ2) is 3.65. The van der Waals surface area contributed by atoms with Gasteiger partial charge >= 0.3 is 0 Å². The summed E-state index contributed by atoms with van der Waals surface area (Å²) in [5.41, 5.74) is 4.19. The van der Waals surface area contributed by atoms with E-state index in [1.54, 1.807) is 0 Å². The number of rotatable bonds is 0. The summed E-state index contributed by atoms with van der Waals surface area (Å²) in [7, 11) is 0. The van der Waals surface area contributed by atoms with Gasteiger partial charge in [-0.1, -0.05) is 0 Å². The van der Waals surface area contributed by atoms with Gasteiger partial charge in [-0.3, -0.25) is 20.4 Å². The van der Waals surface area contributed by atoms with E-state index >= 15 is 0 Å². The molecule has 0 saturated carbocycles. The molecule has 0 heterocycles. The van der Waals surface area contributed by atoms with Crippen LogP contribution in [0.3, 0.4) is 0 Å². The third-order valence-electron chi connectivity index (χ3n) is 0.337. The van der Waals surface area contributed by atoms with Crippen molar-refractivity contribution in [1.82, 2.24) is 10.9 Å².